The van der Waals surface area contributed by atoms with Crippen LogP contribution in [0.2, 0.25) is 0 Å². The number of aliphatic hydroxyl groups excluding tert-OH is 1. The van der Waals surface area contributed by atoms with Gasteiger partial charge >= 0.3 is 5.97 Å². The Morgan fingerprint density at radius 2 is 2.08 bits per heavy atom. The fraction of sp³-hybridized carbons (Fsp3) is 0.700. The summed E-state index contributed by atoms with van der Waals surface area (Å²) in [6.45, 7) is 5.71. The molecule has 0 unspecified atom stereocenters. The number of allylic oxidation sites excluding steroid dienone is 1. The molecular formula is C10H16O3. The average molecular weight is 184 g/mol. The number of hydrogen-bond acceptors (Lipinski definition) is 2. The third kappa shape index (κ3) is 1.75. The quantitative estimate of drug-likeness (QED) is 0.650. The van der Waals surface area contributed by atoms with Crippen molar-refractivity contribution >= 4 is 5.97 Å². The maximum absolute atomic E-state index is 10.8. The zero-order valence-corrected chi connectivity index (χ0v) is 8.24. The van der Waals surface area contributed by atoms with Crippen LogP contribution in [-0.2, 0) is 4.79 Å². The van der Waals surface area contributed by atoms with Gasteiger partial charge in [-0.05, 0) is 18.3 Å². The lowest BCUT2D eigenvalue weighted by Crippen LogP contribution is -2.03. The molecule has 0 radical (unpaired) electrons. The summed E-state index contributed by atoms with van der Waals surface area (Å²) in [7, 11) is 0. The number of aliphatic hydroxyl groups is 1. The Hall–Kier alpha value is -0.830. The normalized spacial score (nSPS) is 31.5. The second-order valence-corrected chi connectivity index (χ2v) is 4.33. The van der Waals surface area contributed by atoms with Gasteiger partial charge in [-0.3, -0.25) is 4.79 Å². The Bertz CT molecular complexity index is 253. The first-order valence-electron chi connectivity index (χ1n) is 4.42. The van der Waals surface area contributed by atoms with Crippen molar-refractivity contribution in [3.8, 4) is 0 Å². The summed E-state index contributed by atoms with van der Waals surface area (Å²) in [5, 5.41) is 17.6. The summed E-state index contributed by atoms with van der Waals surface area (Å²) in [5.74, 6) is -0.942. The molecule has 3 nitrogen and oxygen atoms in total. The Balaban J connectivity index is 2.71. The van der Waals surface area contributed by atoms with Crippen LogP contribution in [0.15, 0.2) is 11.6 Å². The molecule has 13 heavy (non-hydrogen) atoms. The molecule has 1 aliphatic carbocycles. The Morgan fingerprint density at radius 1 is 1.54 bits per heavy atom. The molecule has 0 bridgehead atoms. The van der Waals surface area contributed by atoms with Crippen LogP contribution in [0.3, 0.4) is 0 Å². The molecule has 0 heterocycles. The highest BCUT2D eigenvalue weighted by molar-refractivity contribution is 5.76. The molecule has 0 saturated heterocycles. The minimum Gasteiger partial charge on any atom is -0.481 e. The molecule has 1 rings (SSSR count). The van der Waals surface area contributed by atoms with Gasteiger partial charge in [0, 0.05) is 0 Å². The molecule has 1 aliphatic rings. The van der Waals surface area contributed by atoms with Gasteiger partial charge in [0.15, 0.2) is 0 Å². The van der Waals surface area contributed by atoms with Gasteiger partial charge in [0.1, 0.15) is 0 Å². The minimum absolute atomic E-state index is 0.0128. The first-order chi connectivity index (χ1) is 5.91. The van der Waals surface area contributed by atoms with Crippen molar-refractivity contribution in [3.63, 3.8) is 0 Å². The molecule has 3 heteroatoms. The van der Waals surface area contributed by atoms with E-state index in [1.165, 1.54) is 0 Å². The number of carboxylic acid groups (broad SMARTS) is 1. The van der Waals surface area contributed by atoms with E-state index in [1.54, 1.807) is 0 Å². The van der Waals surface area contributed by atoms with Crippen molar-refractivity contribution in [2.45, 2.75) is 20.8 Å². The lowest BCUT2D eigenvalue weighted by Gasteiger charge is -1.98. The van der Waals surface area contributed by atoms with Gasteiger partial charge in [0.25, 0.3) is 0 Å². The number of carbonyl (C=O) groups is 1. The second-order valence-electron chi connectivity index (χ2n) is 4.33. The predicted octanol–water partition coefficient (Wildman–Crippen LogP) is 1.28. The lowest BCUT2D eigenvalue weighted by molar-refractivity contribution is -0.139. The molecule has 0 aromatic rings. The van der Waals surface area contributed by atoms with E-state index >= 15 is 0 Å². The van der Waals surface area contributed by atoms with Crippen LogP contribution in [0.4, 0.5) is 0 Å². The Morgan fingerprint density at radius 3 is 2.38 bits per heavy atom. The van der Waals surface area contributed by atoms with Crippen LogP contribution in [-0.4, -0.2) is 22.8 Å². The molecule has 0 aromatic heterocycles. The van der Waals surface area contributed by atoms with Crippen molar-refractivity contribution in [1.82, 2.24) is 0 Å². The van der Waals surface area contributed by atoms with Gasteiger partial charge in [-0.25, -0.2) is 0 Å². The second kappa shape index (κ2) is 3.14. The molecule has 74 valence electrons. The topological polar surface area (TPSA) is 57.5 Å². The van der Waals surface area contributed by atoms with Crippen LogP contribution < -0.4 is 0 Å². The van der Waals surface area contributed by atoms with Crippen LogP contribution >= 0.6 is 0 Å². The molecule has 0 spiro atoms. The summed E-state index contributed by atoms with van der Waals surface area (Å²) < 4.78 is 0. The summed E-state index contributed by atoms with van der Waals surface area (Å²) in [5.41, 5.74) is 0.698. The van der Waals surface area contributed by atoms with E-state index in [1.807, 2.05) is 26.8 Å². The van der Waals surface area contributed by atoms with E-state index in [2.05, 4.69) is 0 Å². The first kappa shape index (κ1) is 10.3. The maximum Gasteiger partial charge on any atom is 0.307 e. The molecular weight excluding hydrogens is 168 g/mol. The molecule has 0 aromatic carbocycles. The number of carboxylic acids is 1. The molecule has 0 amide bonds. The SMILES string of the molecule is CC(=C[C@H]1[C@H](C(=O)O)C1(C)C)CO. The molecule has 1 saturated carbocycles. The van der Waals surface area contributed by atoms with Gasteiger partial charge in [0.05, 0.1) is 12.5 Å². The van der Waals surface area contributed by atoms with E-state index in [0.29, 0.717) is 0 Å². The van der Waals surface area contributed by atoms with Gasteiger partial charge in [0.2, 0.25) is 0 Å². The number of aliphatic carboxylic acids is 1. The Kier molecular flexibility index (Phi) is 2.48. The summed E-state index contributed by atoms with van der Waals surface area (Å²) >= 11 is 0. The third-order valence-corrected chi connectivity index (χ3v) is 2.89. The monoisotopic (exact) mass is 184 g/mol. The van der Waals surface area contributed by atoms with E-state index < -0.39 is 5.97 Å². The fourth-order valence-corrected chi connectivity index (χ4v) is 1.82. The van der Waals surface area contributed by atoms with Crippen molar-refractivity contribution in [2.24, 2.45) is 17.3 Å². The zero-order valence-electron chi connectivity index (χ0n) is 8.24. The van der Waals surface area contributed by atoms with Gasteiger partial charge < -0.3 is 10.2 Å². The highest BCUT2D eigenvalue weighted by atomic mass is 16.4. The zero-order chi connectivity index (χ0) is 10.2. The summed E-state index contributed by atoms with van der Waals surface area (Å²) in [4.78, 5) is 10.8. The van der Waals surface area contributed by atoms with Crippen molar-refractivity contribution in [2.75, 3.05) is 6.61 Å². The number of rotatable bonds is 3. The average Bonchev–Trinajstić information content (AvgIpc) is 2.53. The smallest absolute Gasteiger partial charge is 0.307 e. The van der Waals surface area contributed by atoms with E-state index in [-0.39, 0.29) is 23.9 Å². The standard InChI is InChI=1S/C10H16O3/c1-6(5-11)4-7-8(9(12)13)10(7,2)3/h4,7-8,11H,5H2,1-3H3,(H,12,13)/t7-,8+/m0/s1. The largest absolute Gasteiger partial charge is 0.481 e. The van der Waals surface area contributed by atoms with E-state index in [0.717, 1.165) is 5.57 Å². The van der Waals surface area contributed by atoms with Crippen molar-refractivity contribution in [1.29, 1.82) is 0 Å². The van der Waals surface area contributed by atoms with Crippen molar-refractivity contribution < 1.29 is 15.0 Å². The third-order valence-electron chi connectivity index (χ3n) is 2.89. The Labute approximate surface area is 78.1 Å². The molecule has 0 aliphatic heterocycles. The maximum atomic E-state index is 10.8. The van der Waals surface area contributed by atoms with Crippen LogP contribution in [0.25, 0.3) is 0 Å². The highest BCUT2D eigenvalue weighted by Gasteiger charge is 2.60. The van der Waals surface area contributed by atoms with Gasteiger partial charge in [-0.15, -0.1) is 0 Å². The molecule has 2 N–H and O–H groups in total. The van der Waals surface area contributed by atoms with Crippen LogP contribution in [0.5, 0.6) is 0 Å². The van der Waals surface area contributed by atoms with Crippen LogP contribution in [0.1, 0.15) is 20.8 Å². The summed E-state index contributed by atoms with van der Waals surface area (Å²) in [6, 6.07) is 0. The highest BCUT2D eigenvalue weighted by Crippen LogP contribution is 2.59. The van der Waals surface area contributed by atoms with E-state index in [9.17, 15) is 4.79 Å². The number of hydrogen-bond donors (Lipinski definition) is 2. The predicted molar refractivity (Wildman–Crippen MR) is 49.2 cm³/mol. The first-order valence-corrected chi connectivity index (χ1v) is 4.42. The van der Waals surface area contributed by atoms with Crippen molar-refractivity contribution in [3.05, 3.63) is 11.6 Å². The van der Waals surface area contributed by atoms with Gasteiger partial charge in [-0.2, -0.15) is 0 Å². The lowest BCUT2D eigenvalue weighted by atomic mass is 10.1. The van der Waals surface area contributed by atoms with Gasteiger partial charge in [-0.1, -0.05) is 25.5 Å². The minimum atomic E-state index is -0.739. The van der Waals surface area contributed by atoms with Crippen LogP contribution in [0, 0.1) is 17.3 Å². The van der Waals surface area contributed by atoms with E-state index in [4.69, 9.17) is 10.2 Å². The molecule has 1 fully saturated rings. The fourth-order valence-electron chi connectivity index (χ4n) is 1.82. The molecule has 2 atom stereocenters. The summed E-state index contributed by atoms with van der Waals surface area (Å²) in [6.07, 6.45) is 1.87.